The summed E-state index contributed by atoms with van der Waals surface area (Å²) < 4.78 is 7.21. The molecule has 33 heavy (non-hydrogen) atoms. The van der Waals surface area contributed by atoms with Crippen LogP contribution in [0, 0.1) is 11.3 Å². The zero-order valence-corrected chi connectivity index (χ0v) is 18.5. The molecule has 0 aliphatic heterocycles. The predicted molar refractivity (Wildman–Crippen MR) is 128 cm³/mol. The van der Waals surface area contributed by atoms with Gasteiger partial charge >= 0.3 is 0 Å². The van der Waals surface area contributed by atoms with Gasteiger partial charge in [0.25, 0.3) is 5.91 Å². The Morgan fingerprint density at radius 3 is 2.67 bits per heavy atom. The molecule has 7 nitrogen and oxygen atoms in total. The molecule has 2 aromatic carbocycles. The van der Waals surface area contributed by atoms with Crippen molar-refractivity contribution in [3.63, 3.8) is 0 Å². The number of fused-ring (bicyclic) bond motifs is 1. The summed E-state index contributed by atoms with van der Waals surface area (Å²) in [5.41, 5.74) is 1.51. The van der Waals surface area contributed by atoms with E-state index < -0.39 is 0 Å². The summed E-state index contributed by atoms with van der Waals surface area (Å²) in [5.74, 6) is 1.17. The van der Waals surface area contributed by atoms with Crippen molar-refractivity contribution >= 4 is 22.6 Å². The number of aromatic nitrogens is 3. The molecule has 7 heteroatoms. The van der Waals surface area contributed by atoms with Crippen LogP contribution < -0.4 is 10.1 Å². The summed E-state index contributed by atoms with van der Waals surface area (Å²) in [6, 6.07) is 20.5. The number of pyridine rings is 1. The summed E-state index contributed by atoms with van der Waals surface area (Å²) in [7, 11) is 0. The van der Waals surface area contributed by atoms with Crippen molar-refractivity contribution in [1.29, 1.82) is 5.26 Å². The van der Waals surface area contributed by atoms with Crippen molar-refractivity contribution in [3.05, 3.63) is 78.0 Å². The van der Waals surface area contributed by atoms with Crippen LogP contribution in [0.25, 0.3) is 16.7 Å². The minimum absolute atomic E-state index is 0.255. The molecule has 2 aromatic heterocycles. The second-order valence-electron chi connectivity index (χ2n) is 7.68. The van der Waals surface area contributed by atoms with E-state index in [1.54, 1.807) is 30.3 Å². The number of para-hydroxylation sites is 1. The number of benzene rings is 2. The van der Waals surface area contributed by atoms with Gasteiger partial charge in [-0.25, -0.2) is 4.98 Å². The van der Waals surface area contributed by atoms with Gasteiger partial charge in [0.2, 0.25) is 0 Å². The van der Waals surface area contributed by atoms with Crippen LogP contribution in [0.4, 0.5) is 5.82 Å². The van der Waals surface area contributed by atoms with Crippen LogP contribution >= 0.6 is 0 Å². The van der Waals surface area contributed by atoms with Gasteiger partial charge in [0.05, 0.1) is 18.3 Å². The van der Waals surface area contributed by atoms with Gasteiger partial charge in [-0.15, -0.1) is 0 Å². The first-order valence-corrected chi connectivity index (χ1v) is 11.1. The van der Waals surface area contributed by atoms with Gasteiger partial charge in [-0.2, -0.15) is 15.0 Å². The number of carbonyl (C=O) groups is 1. The molecular formula is C26H25N5O2. The second kappa shape index (κ2) is 10.4. The maximum absolute atomic E-state index is 12.9. The van der Waals surface area contributed by atoms with Crippen molar-refractivity contribution < 1.29 is 9.53 Å². The highest BCUT2D eigenvalue weighted by atomic mass is 16.5. The fourth-order valence-corrected chi connectivity index (χ4v) is 3.50. The molecule has 0 bridgehead atoms. The Morgan fingerprint density at radius 1 is 1.06 bits per heavy atom. The van der Waals surface area contributed by atoms with E-state index in [4.69, 9.17) is 4.74 Å². The highest BCUT2D eigenvalue weighted by Crippen LogP contribution is 2.22. The number of amides is 1. The van der Waals surface area contributed by atoms with Gasteiger partial charge in [-0.05, 0) is 48.9 Å². The molecule has 0 spiro atoms. The van der Waals surface area contributed by atoms with E-state index in [1.807, 2.05) is 30.3 Å². The van der Waals surface area contributed by atoms with Gasteiger partial charge in [-0.3, -0.25) is 4.79 Å². The van der Waals surface area contributed by atoms with Crippen molar-refractivity contribution in [2.24, 2.45) is 0 Å². The summed E-state index contributed by atoms with van der Waals surface area (Å²) in [6.45, 7) is 2.84. The number of carbonyl (C=O) groups excluding carboxylic acids is 1. The Kier molecular flexibility index (Phi) is 6.96. The molecule has 2 heterocycles. The van der Waals surface area contributed by atoms with Gasteiger partial charge in [0.15, 0.2) is 11.6 Å². The lowest BCUT2D eigenvalue weighted by Crippen LogP contribution is -2.16. The third-order valence-corrected chi connectivity index (χ3v) is 5.31. The zero-order valence-electron chi connectivity index (χ0n) is 18.5. The normalized spacial score (nSPS) is 10.7. The number of nitrogens with zero attached hydrogens (tertiary/aromatic N) is 4. The maximum Gasteiger partial charge on any atom is 0.256 e. The first-order chi connectivity index (χ1) is 16.2. The highest BCUT2D eigenvalue weighted by molar-refractivity contribution is 6.04. The second-order valence-corrected chi connectivity index (χ2v) is 7.68. The molecule has 4 rings (SSSR count). The van der Waals surface area contributed by atoms with Gasteiger partial charge in [0.1, 0.15) is 17.4 Å². The molecule has 166 valence electrons. The van der Waals surface area contributed by atoms with Gasteiger partial charge in [-0.1, -0.05) is 44.4 Å². The molecule has 4 aromatic rings. The molecule has 0 aliphatic carbocycles. The van der Waals surface area contributed by atoms with E-state index in [2.05, 4.69) is 28.4 Å². The molecule has 0 fully saturated rings. The van der Waals surface area contributed by atoms with Crippen molar-refractivity contribution in [1.82, 2.24) is 14.8 Å². The fraction of sp³-hybridized carbons (Fsp3) is 0.231. The lowest BCUT2D eigenvalue weighted by atomic mass is 10.2. The van der Waals surface area contributed by atoms with Crippen LogP contribution in [0.15, 0.2) is 66.9 Å². The molecule has 0 saturated carbocycles. The largest absolute Gasteiger partial charge is 0.494 e. The molecule has 0 aliphatic rings. The van der Waals surface area contributed by atoms with Gasteiger partial charge in [0, 0.05) is 10.9 Å². The number of hydrogen-bond donors (Lipinski definition) is 1. The van der Waals surface area contributed by atoms with E-state index in [1.165, 1.54) is 23.7 Å². The topological polar surface area (TPSA) is 92.8 Å². The number of nitrogens with one attached hydrogen (secondary N) is 1. The molecule has 0 saturated heterocycles. The third-order valence-electron chi connectivity index (χ3n) is 5.31. The van der Waals surface area contributed by atoms with E-state index in [0.29, 0.717) is 18.0 Å². The predicted octanol–water partition coefficient (Wildman–Crippen LogP) is 5.50. The summed E-state index contributed by atoms with van der Waals surface area (Å²) in [6.07, 6.45) is 5.98. The maximum atomic E-state index is 12.9. The fourth-order valence-electron chi connectivity index (χ4n) is 3.50. The SMILES string of the molecule is CCCCCCOc1ccc(C(=O)Nc2c(C#N)cnn2-c2ccc3ccccc3n2)cc1. The number of rotatable bonds is 9. The molecule has 0 unspecified atom stereocenters. The number of ether oxygens (including phenoxy) is 1. The molecule has 0 radical (unpaired) electrons. The summed E-state index contributed by atoms with van der Waals surface area (Å²) in [5, 5.41) is 17.6. The van der Waals surface area contributed by atoms with Crippen LogP contribution in [0.1, 0.15) is 48.5 Å². The van der Waals surface area contributed by atoms with Crippen LogP contribution in [-0.4, -0.2) is 27.3 Å². The summed E-state index contributed by atoms with van der Waals surface area (Å²) >= 11 is 0. The Balaban J connectivity index is 1.50. The molecule has 1 N–H and O–H groups in total. The van der Waals surface area contributed by atoms with Crippen molar-refractivity contribution in [2.75, 3.05) is 11.9 Å². The number of unbranched alkanes of at least 4 members (excludes halogenated alkanes) is 3. The Labute approximate surface area is 192 Å². The Bertz CT molecular complexity index is 1290. The number of hydrogen-bond acceptors (Lipinski definition) is 5. The highest BCUT2D eigenvalue weighted by Gasteiger charge is 2.17. The lowest BCUT2D eigenvalue weighted by Gasteiger charge is -2.10. The zero-order chi connectivity index (χ0) is 23.0. The minimum atomic E-state index is -0.344. The van der Waals surface area contributed by atoms with Crippen molar-refractivity contribution in [3.8, 4) is 17.6 Å². The third kappa shape index (κ3) is 5.18. The van der Waals surface area contributed by atoms with Crippen LogP contribution in [-0.2, 0) is 0 Å². The van der Waals surface area contributed by atoms with Crippen molar-refractivity contribution in [2.45, 2.75) is 32.6 Å². The van der Waals surface area contributed by atoms with Crippen LogP contribution in [0.5, 0.6) is 5.75 Å². The smallest absolute Gasteiger partial charge is 0.256 e. The first kappa shape index (κ1) is 22.0. The molecule has 0 atom stereocenters. The molecule has 1 amide bonds. The quantitative estimate of drug-likeness (QED) is 0.347. The van der Waals surface area contributed by atoms with E-state index >= 15 is 0 Å². The first-order valence-electron chi connectivity index (χ1n) is 11.1. The van der Waals surface area contributed by atoms with E-state index in [-0.39, 0.29) is 17.3 Å². The number of nitriles is 1. The van der Waals surface area contributed by atoms with Gasteiger partial charge < -0.3 is 10.1 Å². The standard InChI is InChI=1S/C26H25N5O2/c1-2-3-4-7-16-33-22-13-10-20(11-14-22)26(32)30-25-21(17-27)18-28-31(25)24-15-12-19-8-5-6-9-23(19)29-24/h5-6,8-15,18H,2-4,7,16H2,1H3,(H,30,32). The Hall–Kier alpha value is -4.18. The average Bonchev–Trinajstić information content (AvgIpc) is 3.26. The van der Waals surface area contributed by atoms with E-state index in [0.717, 1.165) is 29.5 Å². The lowest BCUT2D eigenvalue weighted by molar-refractivity contribution is 0.102. The van der Waals surface area contributed by atoms with E-state index in [9.17, 15) is 10.1 Å². The monoisotopic (exact) mass is 439 g/mol. The minimum Gasteiger partial charge on any atom is -0.494 e. The molecular weight excluding hydrogens is 414 g/mol. The number of anilines is 1. The van der Waals surface area contributed by atoms with Crippen LogP contribution in [0.2, 0.25) is 0 Å². The summed E-state index contributed by atoms with van der Waals surface area (Å²) in [4.78, 5) is 17.5. The Morgan fingerprint density at radius 2 is 1.88 bits per heavy atom. The average molecular weight is 440 g/mol. The van der Waals surface area contributed by atoms with Crippen LogP contribution in [0.3, 0.4) is 0 Å².